The van der Waals surface area contributed by atoms with Crippen LogP contribution in [0.15, 0.2) is 24.3 Å². The van der Waals surface area contributed by atoms with E-state index in [1.165, 1.54) is 50.8 Å². The molecular weight excluding hydrogens is 222 g/mol. The zero-order valence-corrected chi connectivity index (χ0v) is 11.3. The predicted molar refractivity (Wildman–Crippen MR) is 74.2 cm³/mol. The first kappa shape index (κ1) is 12.0. The number of benzene rings is 1. The third-order valence-electron chi connectivity index (χ3n) is 4.63. The van der Waals surface area contributed by atoms with Crippen LogP contribution >= 0.6 is 0 Å². The maximum atomic E-state index is 5.52. The number of nitrogens with zero attached hydrogens (tertiary/aromatic N) is 1. The highest BCUT2D eigenvalue weighted by atomic mass is 16.5. The molecule has 1 aromatic rings. The smallest absolute Gasteiger partial charge is 0.122 e. The van der Waals surface area contributed by atoms with Gasteiger partial charge < -0.3 is 4.74 Å². The van der Waals surface area contributed by atoms with Gasteiger partial charge in [-0.2, -0.15) is 0 Å². The van der Waals surface area contributed by atoms with Crippen molar-refractivity contribution in [1.82, 2.24) is 4.90 Å². The van der Waals surface area contributed by atoms with Crippen molar-refractivity contribution in [2.24, 2.45) is 0 Å². The standard InChI is InChI=1S/C16H23NO/c1-18-16-8-3-2-7-15(16)13-9-10-14-6-4-5-11-17(14)12-13/h2-3,7-8,13-14H,4-6,9-12H2,1H3. The molecule has 0 amide bonds. The Kier molecular flexibility index (Phi) is 3.55. The van der Waals surface area contributed by atoms with E-state index < -0.39 is 0 Å². The van der Waals surface area contributed by atoms with Gasteiger partial charge in [-0.1, -0.05) is 24.6 Å². The van der Waals surface area contributed by atoms with Gasteiger partial charge in [-0.3, -0.25) is 4.90 Å². The predicted octanol–water partition coefficient (Wildman–Crippen LogP) is 3.43. The molecule has 2 aliphatic rings. The van der Waals surface area contributed by atoms with Gasteiger partial charge in [-0.25, -0.2) is 0 Å². The van der Waals surface area contributed by atoms with Crippen molar-refractivity contribution in [1.29, 1.82) is 0 Å². The maximum absolute atomic E-state index is 5.52. The third kappa shape index (κ3) is 2.26. The Morgan fingerprint density at radius 3 is 2.89 bits per heavy atom. The summed E-state index contributed by atoms with van der Waals surface area (Å²) in [5.41, 5.74) is 1.41. The SMILES string of the molecule is COc1ccccc1C1CCC2CCCCN2C1. The van der Waals surface area contributed by atoms with E-state index in [1.54, 1.807) is 7.11 Å². The van der Waals surface area contributed by atoms with Crippen LogP contribution in [0, 0.1) is 0 Å². The van der Waals surface area contributed by atoms with Gasteiger partial charge >= 0.3 is 0 Å². The monoisotopic (exact) mass is 245 g/mol. The summed E-state index contributed by atoms with van der Waals surface area (Å²) in [5.74, 6) is 1.73. The summed E-state index contributed by atoms with van der Waals surface area (Å²) in [6, 6.07) is 9.41. The minimum atomic E-state index is 0.662. The van der Waals surface area contributed by atoms with Crippen LogP contribution in [0.5, 0.6) is 5.75 Å². The molecule has 2 nitrogen and oxygen atoms in total. The fourth-order valence-corrected chi connectivity index (χ4v) is 3.65. The minimum Gasteiger partial charge on any atom is -0.496 e. The highest BCUT2D eigenvalue weighted by molar-refractivity contribution is 5.36. The summed E-state index contributed by atoms with van der Waals surface area (Å²) in [6.45, 7) is 2.53. The number of rotatable bonds is 2. The van der Waals surface area contributed by atoms with Gasteiger partial charge in [0.2, 0.25) is 0 Å². The van der Waals surface area contributed by atoms with E-state index in [-0.39, 0.29) is 0 Å². The van der Waals surface area contributed by atoms with Crippen molar-refractivity contribution in [3.05, 3.63) is 29.8 Å². The van der Waals surface area contributed by atoms with Crippen LogP contribution < -0.4 is 4.74 Å². The van der Waals surface area contributed by atoms with E-state index in [4.69, 9.17) is 4.74 Å². The van der Waals surface area contributed by atoms with Crippen LogP contribution in [-0.4, -0.2) is 31.1 Å². The molecule has 2 fully saturated rings. The lowest BCUT2D eigenvalue weighted by atomic mass is 9.83. The van der Waals surface area contributed by atoms with E-state index in [1.807, 2.05) is 0 Å². The van der Waals surface area contributed by atoms with Gasteiger partial charge in [0.15, 0.2) is 0 Å². The van der Waals surface area contributed by atoms with Gasteiger partial charge in [0.1, 0.15) is 5.75 Å². The molecule has 2 atom stereocenters. The van der Waals surface area contributed by atoms with Crippen molar-refractivity contribution in [2.75, 3.05) is 20.2 Å². The highest BCUT2D eigenvalue weighted by Crippen LogP contribution is 2.37. The zero-order chi connectivity index (χ0) is 12.4. The molecule has 0 radical (unpaired) electrons. The molecule has 2 heterocycles. The molecular formula is C16H23NO. The second-order valence-corrected chi connectivity index (χ2v) is 5.66. The molecule has 0 saturated carbocycles. The number of methoxy groups -OCH3 is 1. The molecule has 0 bridgehead atoms. The second-order valence-electron chi connectivity index (χ2n) is 5.66. The first-order valence-electron chi connectivity index (χ1n) is 7.25. The molecule has 3 rings (SSSR count). The molecule has 0 aromatic heterocycles. The number of para-hydroxylation sites is 1. The molecule has 0 N–H and O–H groups in total. The Labute approximate surface area is 110 Å². The van der Waals surface area contributed by atoms with Gasteiger partial charge in [0, 0.05) is 18.5 Å². The van der Waals surface area contributed by atoms with Crippen molar-refractivity contribution in [3.8, 4) is 5.75 Å². The molecule has 18 heavy (non-hydrogen) atoms. The summed E-state index contributed by atoms with van der Waals surface area (Å²) in [4.78, 5) is 2.71. The fourth-order valence-electron chi connectivity index (χ4n) is 3.65. The molecule has 1 aromatic carbocycles. The zero-order valence-electron chi connectivity index (χ0n) is 11.3. The lowest BCUT2D eigenvalue weighted by Gasteiger charge is -2.43. The summed E-state index contributed by atoms with van der Waals surface area (Å²) in [6.07, 6.45) is 6.92. The largest absolute Gasteiger partial charge is 0.496 e. The third-order valence-corrected chi connectivity index (χ3v) is 4.63. The van der Waals surface area contributed by atoms with Crippen LogP contribution in [0.2, 0.25) is 0 Å². The van der Waals surface area contributed by atoms with Crippen LogP contribution in [0.1, 0.15) is 43.6 Å². The topological polar surface area (TPSA) is 12.5 Å². The first-order valence-corrected chi connectivity index (χ1v) is 7.25. The van der Waals surface area contributed by atoms with E-state index in [2.05, 4.69) is 29.2 Å². The molecule has 2 aliphatic heterocycles. The molecule has 2 unspecified atom stereocenters. The fraction of sp³-hybridized carbons (Fsp3) is 0.625. The minimum absolute atomic E-state index is 0.662. The Morgan fingerprint density at radius 1 is 1.11 bits per heavy atom. The van der Waals surface area contributed by atoms with Crippen molar-refractivity contribution >= 4 is 0 Å². The van der Waals surface area contributed by atoms with Crippen molar-refractivity contribution in [2.45, 2.75) is 44.1 Å². The van der Waals surface area contributed by atoms with Crippen LogP contribution in [0.25, 0.3) is 0 Å². The van der Waals surface area contributed by atoms with E-state index in [0.29, 0.717) is 5.92 Å². The average molecular weight is 245 g/mol. The van der Waals surface area contributed by atoms with E-state index >= 15 is 0 Å². The van der Waals surface area contributed by atoms with Gasteiger partial charge in [0.25, 0.3) is 0 Å². The van der Waals surface area contributed by atoms with E-state index in [9.17, 15) is 0 Å². The highest BCUT2D eigenvalue weighted by Gasteiger charge is 2.31. The summed E-state index contributed by atoms with van der Waals surface area (Å²) in [5, 5.41) is 0. The van der Waals surface area contributed by atoms with E-state index in [0.717, 1.165) is 11.8 Å². The Balaban J connectivity index is 1.77. The van der Waals surface area contributed by atoms with Gasteiger partial charge in [0.05, 0.1) is 7.11 Å². The molecule has 2 saturated heterocycles. The quantitative estimate of drug-likeness (QED) is 0.791. The van der Waals surface area contributed by atoms with Crippen LogP contribution in [-0.2, 0) is 0 Å². The number of hydrogen-bond donors (Lipinski definition) is 0. The average Bonchev–Trinajstić information content (AvgIpc) is 2.46. The normalized spacial score (nSPS) is 28.7. The maximum Gasteiger partial charge on any atom is 0.122 e. The Morgan fingerprint density at radius 2 is 2.00 bits per heavy atom. The van der Waals surface area contributed by atoms with Crippen LogP contribution in [0.3, 0.4) is 0 Å². The second kappa shape index (κ2) is 5.31. The van der Waals surface area contributed by atoms with Crippen molar-refractivity contribution in [3.63, 3.8) is 0 Å². The first-order chi connectivity index (χ1) is 8.88. The molecule has 0 spiro atoms. The number of fused-ring (bicyclic) bond motifs is 1. The lowest BCUT2D eigenvalue weighted by Crippen LogP contribution is -2.45. The number of piperidine rings is 2. The Hall–Kier alpha value is -1.02. The lowest BCUT2D eigenvalue weighted by molar-refractivity contribution is 0.0953. The van der Waals surface area contributed by atoms with Crippen molar-refractivity contribution < 1.29 is 4.74 Å². The number of ether oxygens (including phenoxy) is 1. The van der Waals surface area contributed by atoms with Crippen LogP contribution in [0.4, 0.5) is 0 Å². The van der Waals surface area contributed by atoms with Gasteiger partial charge in [-0.05, 0) is 43.9 Å². The number of hydrogen-bond acceptors (Lipinski definition) is 2. The molecule has 98 valence electrons. The summed E-state index contributed by atoms with van der Waals surface area (Å²) in [7, 11) is 1.78. The molecule has 2 heteroatoms. The van der Waals surface area contributed by atoms with Gasteiger partial charge in [-0.15, -0.1) is 0 Å². The summed E-state index contributed by atoms with van der Waals surface area (Å²) >= 11 is 0. The Bertz CT molecular complexity index is 404. The summed E-state index contributed by atoms with van der Waals surface area (Å²) < 4.78 is 5.52. The molecule has 0 aliphatic carbocycles.